The second-order valence-electron chi connectivity index (χ2n) is 9.60. The molecule has 3 N–H and O–H groups in total. The molecule has 9 heteroatoms. The van der Waals surface area contributed by atoms with Crippen LogP contribution in [0.3, 0.4) is 0 Å². The molecule has 3 aromatic rings. The predicted molar refractivity (Wildman–Crippen MR) is 148 cm³/mol. The summed E-state index contributed by atoms with van der Waals surface area (Å²) in [5, 5.41) is 2.91. The number of nitrogens with two attached hydrogens (primary N) is 1. The van der Waals surface area contributed by atoms with Crippen molar-refractivity contribution in [1.82, 2.24) is 14.5 Å². The van der Waals surface area contributed by atoms with E-state index in [1.165, 1.54) is 0 Å². The van der Waals surface area contributed by atoms with E-state index in [9.17, 15) is 9.59 Å². The number of benzene rings is 2. The Kier molecular flexibility index (Phi) is 7.37. The fourth-order valence-corrected chi connectivity index (χ4v) is 4.83. The number of hydrogen-bond donors (Lipinski definition) is 2. The summed E-state index contributed by atoms with van der Waals surface area (Å²) in [5.41, 5.74) is 12.0. The highest BCUT2D eigenvalue weighted by atomic mass is 16.5. The van der Waals surface area contributed by atoms with Crippen LogP contribution in [-0.2, 0) is 16.6 Å². The number of likely N-dealkylation sites (tertiary alicyclic amines) is 1. The van der Waals surface area contributed by atoms with Gasteiger partial charge in [0.2, 0.25) is 11.9 Å². The van der Waals surface area contributed by atoms with Gasteiger partial charge in [-0.2, -0.15) is 0 Å². The van der Waals surface area contributed by atoms with Gasteiger partial charge in [-0.05, 0) is 29.7 Å². The molecule has 1 unspecified atom stereocenters. The predicted octanol–water partition coefficient (Wildman–Crippen LogP) is 3.49. The Hall–Kier alpha value is -4.24. The third kappa shape index (κ3) is 5.38. The second-order valence-corrected chi connectivity index (χ2v) is 9.60. The van der Waals surface area contributed by atoms with Crippen LogP contribution in [0.1, 0.15) is 35.7 Å². The maximum atomic E-state index is 13.2. The highest BCUT2D eigenvalue weighted by Gasteiger charge is 2.26. The minimum absolute atomic E-state index is 0.00313. The molecule has 2 amide bonds. The van der Waals surface area contributed by atoms with Gasteiger partial charge in [0.25, 0.3) is 5.91 Å². The summed E-state index contributed by atoms with van der Waals surface area (Å²) >= 11 is 0. The molecule has 0 radical (unpaired) electrons. The molecule has 0 bridgehead atoms. The molecule has 9 nitrogen and oxygen atoms in total. The number of rotatable bonds is 5. The van der Waals surface area contributed by atoms with Crippen LogP contribution in [-0.4, -0.2) is 64.3 Å². The van der Waals surface area contributed by atoms with Gasteiger partial charge < -0.3 is 19.9 Å². The molecule has 0 spiro atoms. The fourth-order valence-electron chi connectivity index (χ4n) is 4.83. The summed E-state index contributed by atoms with van der Waals surface area (Å²) in [6.45, 7) is 3.86. The first-order valence-corrected chi connectivity index (χ1v) is 12.8. The average molecular weight is 513 g/mol. The van der Waals surface area contributed by atoms with E-state index in [0.717, 1.165) is 29.0 Å². The number of ether oxygens (including phenoxy) is 1. The molecule has 2 aliphatic rings. The van der Waals surface area contributed by atoms with E-state index in [1.807, 2.05) is 48.0 Å². The SMILES string of the molecule is CC(=O)N1CCC(=NC2CCOC2)C(=C(N)c2cccc(C(=O)Nc3ncc(-c4ccccc4)n3C)c2)C1. The molecule has 3 heterocycles. The first-order valence-electron chi connectivity index (χ1n) is 12.8. The van der Waals surface area contributed by atoms with E-state index in [1.54, 1.807) is 36.2 Å². The molecule has 196 valence electrons. The van der Waals surface area contributed by atoms with Crippen molar-refractivity contribution in [2.45, 2.75) is 25.8 Å². The van der Waals surface area contributed by atoms with Crippen molar-refractivity contribution < 1.29 is 14.3 Å². The molecular weight excluding hydrogens is 480 g/mol. The number of anilines is 1. The molecular formula is C29H32N6O3. The number of aromatic nitrogens is 2. The molecule has 2 aromatic carbocycles. The maximum Gasteiger partial charge on any atom is 0.257 e. The highest BCUT2D eigenvalue weighted by molar-refractivity contribution is 6.08. The Morgan fingerprint density at radius 1 is 1.13 bits per heavy atom. The van der Waals surface area contributed by atoms with Crippen LogP contribution in [0, 0.1) is 0 Å². The van der Waals surface area contributed by atoms with Gasteiger partial charge in [0.05, 0.1) is 24.5 Å². The second kappa shape index (κ2) is 11.0. The summed E-state index contributed by atoms with van der Waals surface area (Å²) in [4.78, 5) is 36.4. The van der Waals surface area contributed by atoms with E-state index in [-0.39, 0.29) is 17.9 Å². The van der Waals surface area contributed by atoms with Gasteiger partial charge in [0.15, 0.2) is 0 Å². The van der Waals surface area contributed by atoms with Gasteiger partial charge in [-0.15, -0.1) is 0 Å². The normalized spacial score (nSPS) is 20.0. The Balaban J connectivity index is 1.41. The van der Waals surface area contributed by atoms with Crippen molar-refractivity contribution in [3.8, 4) is 11.3 Å². The van der Waals surface area contributed by atoms with Gasteiger partial charge in [-0.3, -0.25) is 19.9 Å². The van der Waals surface area contributed by atoms with Crippen LogP contribution >= 0.6 is 0 Å². The first kappa shape index (κ1) is 25.4. The zero-order valence-corrected chi connectivity index (χ0v) is 21.7. The largest absolute Gasteiger partial charge is 0.398 e. The summed E-state index contributed by atoms with van der Waals surface area (Å²) < 4.78 is 7.34. The zero-order valence-electron chi connectivity index (χ0n) is 21.7. The number of carbonyl (C=O) groups excluding carboxylic acids is 2. The Morgan fingerprint density at radius 2 is 1.92 bits per heavy atom. The molecule has 2 fully saturated rings. The number of piperidine rings is 1. The Labute approximate surface area is 222 Å². The van der Waals surface area contributed by atoms with E-state index >= 15 is 0 Å². The maximum absolute atomic E-state index is 13.2. The van der Waals surface area contributed by atoms with E-state index in [4.69, 9.17) is 15.5 Å². The van der Waals surface area contributed by atoms with Crippen LogP contribution in [0.15, 0.2) is 71.4 Å². The third-order valence-electron chi connectivity index (χ3n) is 7.05. The summed E-state index contributed by atoms with van der Waals surface area (Å²) in [7, 11) is 1.86. The number of nitrogens with zero attached hydrogens (tertiary/aromatic N) is 4. The van der Waals surface area contributed by atoms with E-state index in [0.29, 0.717) is 55.5 Å². The number of carbonyl (C=O) groups is 2. The first-order chi connectivity index (χ1) is 18.4. The number of hydrogen-bond acceptors (Lipinski definition) is 6. The van der Waals surface area contributed by atoms with Crippen molar-refractivity contribution in [3.05, 3.63) is 77.5 Å². The summed E-state index contributed by atoms with van der Waals surface area (Å²) in [6.07, 6.45) is 3.25. The minimum atomic E-state index is -0.288. The van der Waals surface area contributed by atoms with Crippen LogP contribution in [0.25, 0.3) is 17.0 Å². The van der Waals surface area contributed by atoms with Crippen LogP contribution in [0.2, 0.25) is 0 Å². The summed E-state index contributed by atoms with van der Waals surface area (Å²) in [6, 6.07) is 17.2. The standard InChI is InChI=1S/C29H32N6O3/c1-19(36)35-13-11-25(32-23-12-14-38-18-23)24(17-35)27(30)21-9-6-10-22(15-21)28(37)33-29-31-16-26(34(29)2)20-7-4-3-5-8-20/h3-10,15-16,23H,11-14,17-18,30H2,1-2H3,(H,31,33,37). The molecule has 5 rings (SSSR count). The topological polar surface area (TPSA) is 115 Å². The molecule has 2 saturated heterocycles. The Bertz CT molecular complexity index is 1400. The van der Waals surface area contributed by atoms with Gasteiger partial charge in [0.1, 0.15) is 0 Å². The Morgan fingerprint density at radius 3 is 2.66 bits per heavy atom. The smallest absolute Gasteiger partial charge is 0.257 e. The highest BCUT2D eigenvalue weighted by Crippen LogP contribution is 2.25. The van der Waals surface area contributed by atoms with Gasteiger partial charge in [-0.25, -0.2) is 4.98 Å². The van der Waals surface area contributed by atoms with Gasteiger partial charge in [-0.1, -0.05) is 42.5 Å². The zero-order chi connectivity index (χ0) is 26.6. The lowest BCUT2D eigenvalue weighted by molar-refractivity contribution is -0.128. The van der Waals surface area contributed by atoms with Crippen molar-refractivity contribution in [3.63, 3.8) is 0 Å². The fraction of sp³-hybridized carbons (Fsp3) is 0.310. The molecule has 38 heavy (non-hydrogen) atoms. The minimum Gasteiger partial charge on any atom is -0.398 e. The average Bonchev–Trinajstić information content (AvgIpc) is 3.58. The van der Waals surface area contributed by atoms with Gasteiger partial charge in [0, 0.05) is 62.6 Å². The summed E-state index contributed by atoms with van der Waals surface area (Å²) in [5.74, 6) is 0.156. The number of amides is 2. The number of nitrogens with one attached hydrogen (secondary N) is 1. The number of aliphatic imine (C=N–C) groups is 1. The molecule has 2 aliphatic heterocycles. The molecule has 1 aromatic heterocycles. The number of imidazole rings is 1. The van der Waals surface area contributed by atoms with Crippen LogP contribution < -0.4 is 11.1 Å². The lowest BCUT2D eigenvalue weighted by Crippen LogP contribution is -2.40. The van der Waals surface area contributed by atoms with Crippen molar-refractivity contribution >= 4 is 29.2 Å². The lowest BCUT2D eigenvalue weighted by Gasteiger charge is -2.30. The van der Waals surface area contributed by atoms with Crippen molar-refractivity contribution in [1.29, 1.82) is 0 Å². The van der Waals surface area contributed by atoms with Crippen LogP contribution in [0.5, 0.6) is 0 Å². The lowest BCUT2D eigenvalue weighted by atomic mass is 9.95. The van der Waals surface area contributed by atoms with E-state index < -0.39 is 0 Å². The quantitative estimate of drug-likeness (QED) is 0.543. The van der Waals surface area contributed by atoms with E-state index in [2.05, 4.69) is 10.3 Å². The monoisotopic (exact) mass is 512 g/mol. The third-order valence-corrected chi connectivity index (χ3v) is 7.05. The van der Waals surface area contributed by atoms with Crippen LogP contribution in [0.4, 0.5) is 5.95 Å². The van der Waals surface area contributed by atoms with Gasteiger partial charge >= 0.3 is 0 Å². The molecule has 0 aliphatic carbocycles. The van der Waals surface area contributed by atoms with Crippen molar-refractivity contribution in [2.24, 2.45) is 17.8 Å². The van der Waals surface area contributed by atoms with Crippen molar-refractivity contribution in [2.75, 3.05) is 31.6 Å². The molecule has 0 saturated carbocycles. The molecule has 1 atom stereocenters.